The third-order valence-corrected chi connectivity index (χ3v) is 3.77. The highest BCUT2D eigenvalue weighted by molar-refractivity contribution is 5.96. The molecule has 120 valence electrons. The van der Waals surface area contributed by atoms with Crippen molar-refractivity contribution in [3.8, 4) is 5.88 Å². The van der Waals surface area contributed by atoms with Crippen molar-refractivity contribution in [2.24, 2.45) is 0 Å². The van der Waals surface area contributed by atoms with E-state index in [1.54, 1.807) is 18.3 Å². The van der Waals surface area contributed by atoms with Crippen LogP contribution in [0.3, 0.4) is 0 Å². The number of likely N-dealkylation sites (tertiary alicyclic amines) is 1. The molecule has 1 N–H and O–H groups in total. The SMILES string of the molecule is COc1ncccc1C(=O)NCCCN1CCCCCC1=O. The summed E-state index contributed by atoms with van der Waals surface area (Å²) >= 11 is 0. The second-order valence-electron chi connectivity index (χ2n) is 5.36. The molecule has 0 radical (unpaired) electrons. The third-order valence-electron chi connectivity index (χ3n) is 3.77. The molecule has 1 aromatic heterocycles. The number of methoxy groups -OCH3 is 1. The molecule has 6 heteroatoms. The minimum absolute atomic E-state index is 0.202. The first kappa shape index (κ1) is 16.3. The summed E-state index contributed by atoms with van der Waals surface area (Å²) in [5.74, 6) is 0.354. The Bertz CT molecular complexity index is 519. The molecule has 1 aliphatic heterocycles. The van der Waals surface area contributed by atoms with Gasteiger partial charge in [-0.2, -0.15) is 0 Å². The maximum Gasteiger partial charge on any atom is 0.256 e. The molecule has 1 fully saturated rings. The monoisotopic (exact) mass is 305 g/mol. The zero-order valence-electron chi connectivity index (χ0n) is 13.0. The number of carbonyl (C=O) groups excluding carboxylic acids is 2. The van der Waals surface area contributed by atoms with Gasteiger partial charge in [-0.15, -0.1) is 0 Å². The topological polar surface area (TPSA) is 71.5 Å². The lowest BCUT2D eigenvalue weighted by Crippen LogP contribution is -2.34. The van der Waals surface area contributed by atoms with Gasteiger partial charge in [-0.1, -0.05) is 6.42 Å². The lowest BCUT2D eigenvalue weighted by Gasteiger charge is -2.20. The summed E-state index contributed by atoms with van der Waals surface area (Å²) in [5, 5.41) is 2.85. The van der Waals surface area contributed by atoms with Crippen molar-refractivity contribution in [3.63, 3.8) is 0 Å². The van der Waals surface area contributed by atoms with Crippen molar-refractivity contribution >= 4 is 11.8 Å². The Morgan fingerprint density at radius 3 is 3.09 bits per heavy atom. The lowest BCUT2D eigenvalue weighted by molar-refractivity contribution is -0.130. The van der Waals surface area contributed by atoms with Crippen molar-refractivity contribution < 1.29 is 14.3 Å². The molecule has 1 aromatic rings. The summed E-state index contributed by atoms with van der Waals surface area (Å²) in [6.07, 6.45) is 6.18. The first-order valence-electron chi connectivity index (χ1n) is 7.77. The number of nitrogens with zero attached hydrogens (tertiary/aromatic N) is 2. The number of hydrogen-bond acceptors (Lipinski definition) is 4. The summed E-state index contributed by atoms with van der Waals surface area (Å²) in [4.78, 5) is 29.9. The number of hydrogen-bond donors (Lipinski definition) is 1. The Balaban J connectivity index is 1.76. The molecule has 0 spiro atoms. The number of amides is 2. The van der Waals surface area contributed by atoms with Crippen LogP contribution in [0.4, 0.5) is 0 Å². The van der Waals surface area contributed by atoms with Crippen LogP contribution in [0, 0.1) is 0 Å². The van der Waals surface area contributed by atoms with Crippen LogP contribution in [0.25, 0.3) is 0 Å². The van der Waals surface area contributed by atoms with E-state index in [2.05, 4.69) is 10.3 Å². The van der Waals surface area contributed by atoms with Gasteiger partial charge in [0.05, 0.1) is 7.11 Å². The summed E-state index contributed by atoms with van der Waals surface area (Å²) < 4.78 is 5.07. The van der Waals surface area contributed by atoms with Crippen molar-refractivity contribution in [2.75, 3.05) is 26.7 Å². The van der Waals surface area contributed by atoms with Gasteiger partial charge in [0.2, 0.25) is 11.8 Å². The molecule has 6 nitrogen and oxygen atoms in total. The normalized spacial score (nSPS) is 15.3. The standard InChI is InChI=1S/C16H23N3O3/c1-22-16-13(7-5-9-18-16)15(21)17-10-6-12-19-11-4-2-3-8-14(19)20/h5,7,9H,2-4,6,8,10-12H2,1H3,(H,17,21). The van der Waals surface area contributed by atoms with E-state index in [4.69, 9.17) is 4.74 Å². The molecule has 0 bridgehead atoms. The van der Waals surface area contributed by atoms with Crippen molar-refractivity contribution in [3.05, 3.63) is 23.9 Å². The number of rotatable bonds is 6. The van der Waals surface area contributed by atoms with Crippen LogP contribution in [0.15, 0.2) is 18.3 Å². The number of carbonyl (C=O) groups is 2. The van der Waals surface area contributed by atoms with E-state index in [9.17, 15) is 9.59 Å². The molecule has 2 heterocycles. The van der Waals surface area contributed by atoms with Gasteiger partial charge < -0.3 is 15.0 Å². The average molecular weight is 305 g/mol. The van der Waals surface area contributed by atoms with Crippen LogP contribution < -0.4 is 10.1 Å². The minimum Gasteiger partial charge on any atom is -0.480 e. The molecule has 0 unspecified atom stereocenters. The molecular weight excluding hydrogens is 282 g/mol. The van der Waals surface area contributed by atoms with Crippen LogP contribution in [0.5, 0.6) is 5.88 Å². The van der Waals surface area contributed by atoms with Gasteiger partial charge in [0.25, 0.3) is 5.91 Å². The Labute approximate surface area is 130 Å². The minimum atomic E-state index is -0.202. The molecule has 1 saturated heterocycles. The van der Waals surface area contributed by atoms with Gasteiger partial charge in [-0.25, -0.2) is 4.98 Å². The largest absolute Gasteiger partial charge is 0.480 e. The molecule has 22 heavy (non-hydrogen) atoms. The molecule has 0 atom stereocenters. The van der Waals surface area contributed by atoms with Gasteiger partial charge in [-0.05, 0) is 31.4 Å². The molecule has 1 aliphatic rings. The highest BCUT2D eigenvalue weighted by Crippen LogP contribution is 2.13. The fourth-order valence-electron chi connectivity index (χ4n) is 2.57. The number of aromatic nitrogens is 1. The van der Waals surface area contributed by atoms with E-state index in [1.165, 1.54) is 7.11 Å². The molecule has 2 amide bonds. The zero-order valence-corrected chi connectivity index (χ0v) is 13.0. The smallest absolute Gasteiger partial charge is 0.256 e. The summed E-state index contributed by atoms with van der Waals surface area (Å²) in [7, 11) is 1.49. The number of nitrogens with one attached hydrogen (secondary N) is 1. The Morgan fingerprint density at radius 1 is 1.41 bits per heavy atom. The summed E-state index contributed by atoms with van der Waals surface area (Å²) in [6.45, 7) is 2.06. The van der Waals surface area contributed by atoms with Gasteiger partial charge in [0.15, 0.2) is 0 Å². The highest BCUT2D eigenvalue weighted by atomic mass is 16.5. The van der Waals surface area contributed by atoms with E-state index in [1.807, 2.05) is 4.90 Å². The van der Waals surface area contributed by atoms with Gasteiger partial charge in [0.1, 0.15) is 5.56 Å². The van der Waals surface area contributed by atoms with E-state index in [-0.39, 0.29) is 11.8 Å². The quantitative estimate of drug-likeness (QED) is 0.811. The Kier molecular flexibility index (Phi) is 6.18. The average Bonchev–Trinajstić information content (AvgIpc) is 2.75. The molecule has 0 aromatic carbocycles. The summed E-state index contributed by atoms with van der Waals surface area (Å²) in [6, 6.07) is 3.38. The predicted octanol–water partition coefficient (Wildman–Crippen LogP) is 1.61. The maximum atomic E-state index is 12.1. The zero-order chi connectivity index (χ0) is 15.8. The number of ether oxygens (including phenoxy) is 1. The molecule has 0 aliphatic carbocycles. The van der Waals surface area contributed by atoms with Crippen molar-refractivity contribution in [1.29, 1.82) is 0 Å². The van der Waals surface area contributed by atoms with Gasteiger partial charge in [0, 0.05) is 32.3 Å². The number of pyridine rings is 1. The Morgan fingerprint density at radius 2 is 2.27 bits per heavy atom. The fourth-order valence-corrected chi connectivity index (χ4v) is 2.57. The van der Waals surface area contributed by atoms with Gasteiger partial charge in [-0.3, -0.25) is 9.59 Å². The van der Waals surface area contributed by atoms with E-state index >= 15 is 0 Å². The second-order valence-corrected chi connectivity index (χ2v) is 5.36. The lowest BCUT2D eigenvalue weighted by atomic mass is 10.2. The Hall–Kier alpha value is -2.11. The first-order chi connectivity index (χ1) is 10.7. The van der Waals surface area contributed by atoms with E-state index in [0.717, 1.165) is 32.2 Å². The van der Waals surface area contributed by atoms with E-state index in [0.29, 0.717) is 31.0 Å². The molecular formula is C16H23N3O3. The van der Waals surface area contributed by atoms with E-state index < -0.39 is 0 Å². The highest BCUT2D eigenvalue weighted by Gasteiger charge is 2.16. The van der Waals surface area contributed by atoms with Crippen LogP contribution >= 0.6 is 0 Å². The van der Waals surface area contributed by atoms with Crippen LogP contribution in [-0.2, 0) is 4.79 Å². The summed E-state index contributed by atoms with van der Waals surface area (Å²) in [5.41, 5.74) is 0.427. The van der Waals surface area contributed by atoms with Crippen LogP contribution in [0.1, 0.15) is 42.5 Å². The van der Waals surface area contributed by atoms with Crippen molar-refractivity contribution in [1.82, 2.24) is 15.2 Å². The van der Waals surface area contributed by atoms with Crippen molar-refractivity contribution in [2.45, 2.75) is 32.1 Å². The van der Waals surface area contributed by atoms with Crippen LogP contribution in [0.2, 0.25) is 0 Å². The second kappa shape index (κ2) is 8.36. The fraction of sp³-hybridized carbons (Fsp3) is 0.562. The predicted molar refractivity (Wildman–Crippen MR) is 82.8 cm³/mol. The first-order valence-corrected chi connectivity index (χ1v) is 7.77. The third kappa shape index (κ3) is 4.44. The molecule has 0 saturated carbocycles. The van der Waals surface area contributed by atoms with Crippen LogP contribution in [-0.4, -0.2) is 48.4 Å². The molecule has 2 rings (SSSR count). The maximum absolute atomic E-state index is 12.1. The van der Waals surface area contributed by atoms with Gasteiger partial charge >= 0.3 is 0 Å².